The number of nitrogens with two attached hydrogens (primary N) is 2. The van der Waals surface area contributed by atoms with Crippen molar-refractivity contribution in [3.63, 3.8) is 0 Å². The van der Waals surface area contributed by atoms with Crippen molar-refractivity contribution < 1.29 is 4.79 Å². The van der Waals surface area contributed by atoms with Gasteiger partial charge < -0.3 is 16.8 Å². The van der Waals surface area contributed by atoms with Gasteiger partial charge in [-0.15, -0.1) is 0 Å². The van der Waals surface area contributed by atoms with Gasteiger partial charge in [-0.25, -0.2) is 0 Å². The lowest BCUT2D eigenvalue weighted by Crippen LogP contribution is -2.25. The molecule has 5 heteroatoms. The molecule has 94 valence electrons. The highest BCUT2D eigenvalue weighted by Crippen LogP contribution is 2.13. The van der Waals surface area contributed by atoms with Crippen LogP contribution in [-0.2, 0) is 0 Å². The maximum Gasteiger partial charge on any atom is 0.251 e. The van der Waals surface area contributed by atoms with E-state index in [4.69, 9.17) is 11.5 Å². The van der Waals surface area contributed by atoms with Gasteiger partial charge in [0.1, 0.15) is 0 Å². The van der Waals surface area contributed by atoms with Gasteiger partial charge in [-0.1, -0.05) is 12.7 Å². The van der Waals surface area contributed by atoms with Gasteiger partial charge in [0.05, 0.1) is 0 Å². The largest absolute Gasteiger partial charge is 0.399 e. The fraction of sp³-hybridized carbons (Fsp3) is 0.0769. The molecule has 0 heterocycles. The van der Waals surface area contributed by atoms with Crippen molar-refractivity contribution in [3.05, 3.63) is 48.2 Å². The van der Waals surface area contributed by atoms with Crippen molar-refractivity contribution >= 4 is 24.0 Å². The third-order valence-electron chi connectivity index (χ3n) is 2.21. The van der Waals surface area contributed by atoms with E-state index in [2.05, 4.69) is 23.6 Å². The molecule has 0 fully saturated rings. The van der Waals surface area contributed by atoms with Crippen LogP contribution in [-0.4, -0.2) is 19.2 Å². The Morgan fingerprint density at radius 1 is 1.33 bits per heavy atom. The molecule has 1 aromatic rings. The quantitative estimate of drug-likeness (QED) is 0.414. The first-order chi connectivity index (χ1) is 8.56. The highest BCUT2D eigenvalue weighted by molar-refractivity contribution is 5.96. The minimum atomic E-state index is -0.259. The summed E-state index contributed by atoms with van der Waals surface area (Å²) in [5, 5.41) is 2.71. The molecule has 0 saturated carbocycles. The summed E-state index contributed by atoms with van der Waals surface area (Å²) in [6.07, 6.45) is 3.13. The number of nitrogen functional groups attached to an aromatic ring is 2. The molecule has 0 aliphatic heterocycles. The molecule has 1 rings (SSSR count). The SMILES string of the molecule is C=C/C(=C\N=C)CNC(=O)c1cc(N)cc(N)c1. The number of carbonyl (C=O) groups is 1. The molecule has 0 atom stereocenters. The van der Waals surface area contributed by atoms with Gasteiger partial charge in [0, 0.05) is 29.7 Å². The summed E-state index contributed by atoms with van der Waals surface area (Å²) in [6.45, 7) is 7.26. The Hall–Kier alpha value is -2.56. The van der Waals surface area contributed by atoms with Gasteiger partial charge in [-0.05, 0) is 30.5 Å². The minimum Gasteiger partial charge on any atom is -0.399 e. The average molecular weight is 244 g/mol. The molecule has 0 spiro atoms. The Labute approximate surface area is 106 Å². The number of anilines is 2. The van der Waals surface area contributed by atoms with Crippen molar-refractivity contribution in [1.29, 1.82) is 0 Å². The lowest BCUT2D eigenvalue weighted by atomic mass is 10.1. The second kappa shape index (κ2) is 6.24. The molecule has 18 heavy (non-hydrogen) atoms. The summed E-state index contributed by atoms with van der Waals surface area (Å²) in [5.41, 5.74) is 13.3. The predicted octanol–water partition coefficient (Wildman–Crippen LogP) is 1.35. The van der Waals surface area contributed by atoms with E-state index in [1.54, 1.807) is 24.3 Å². The second-order valence-electron chi connectivity index (χ2n) is 3.66. The Balaban J connectivity index is 2.74. The van der Waals surface area contributed by atoms with Crippen LogP contribution in [0, 0.1) is 0 Å². The summed E-state index contributed by atoms with van der Waals surface area (Å²) in [7, 11) is 0. The van der Waals surface area contributed by atoms with Gasteiger partial charge in [-0.3, -0.25) is 9.79 Å². The van der Waals surface area contributed by atoms with Crippen molar-refractivity contribution in [2.75, 3.05) is 18.0 Å². The first kappa shape index (κ1) is 13.5. The van der Waals surface area contributed by atoms with Crippen molar-refractivity contribution in [1.82, 2.24) is 5.32 Å². The van der Waals surface area contributed by atoms with Crippen LogP contribution in [0.1, 0.15) is 10.4 Å². The van der Waals surface area contributed by atoms with E-state index in [9.17, 15) is 4.79 Å². The number of hydrogen-bond donors (Lipinski definition) is 3. The van der Waals surface area contributed by atoms with E-state index in [1.807, 2.05) is 0 Å². The first-order valence-electron chi connectivity index (χ1n) is 5.28. The fourth-order valence-electron chi connectivity index (χ4n) is 1.38. The molecule has 5 N–H and O–H groups in total. The lowest BCUT2D eigenvalue weighted by Gasteiger charge is -2.07. The van der Waals surface area contributed by atoms with Crippen molar-refractivity contribution in [3.8, 4) is 0 Å². The molecule has 5 nitrogen and oxygen atoms in total. The number of benzene rings is 1. The molecule has 0 aliphatic carbocycles. The summed E-state index contributed by atoms with van der Waals surface area (Å²) in [6, 6.07) is 4.72. The maximum atomic E-state index is 11.8. The van der Waals surface area contributed by atoms with Crippen molar-refractivity contribution in [2.45, 2.75) is 0 Å². The summed E-state index contributed by atoms with van der Waals surface area (Å²) in [4.78, 5) is 15.5. The average Bonchev–Trinajstić information content (AvgIpc) is 2.32. The first-order valence-corrected chi connectivity index (χ1v) is 5.28. The van der Waals surface area contributed by atoms with Crippen molar-refractivity contribution in [2.24, 2.45) is 4.99 Å². The Morgan fingerprint density at radius 3 is 2.44 bits per heavy atom. The number of carbonyl (C=O) groups excluding carboxylic acids is 1. The zero-order valence-corrected chi connectivity index (χ0v) is 10.0. The molecule has 1 amide bonds. The van der Waals surface area contributed by atoms with Crippen LogP contribution in [0.2, 0.25) is 0 Å². The Morgan fingerprint density at radius 2 is 1.94 bits per heavy atom. The number of rotatable bonds is 5. The highest BCUT2D eigenvalue weighted by atomic mass is 16.1. The number of amides is 1. The van der Waals surface area contributed by atoms with Gasteiger partial charge in [0.25, 0.3) is 5.91 Å². The van der Waals surface area contributed by atoms with Crippen LogP contribution < -0.4 is 16.8 Å². The molecule has 0 aromatic heterocycles. The smallest absolute Gasteiger partial charge is 0.251 e. The fourth-order valence-corrected chi connectivity index (χ4v) is 1.38. The Bertz CT molecular complexity index is 485. The number of nitrogens with zero attached hydrogens (tertiary/aromatic N) is 1. The lowest BCUT2D eigenvalue weighted by molar-refractivity contribution is 0.0957. The van der Waals surface area contributed by atoms with Crippen LogP contribution in [0.3, 0.4) is 0 Å². The molecule has 0 radical (unpaired) electrons. The molecule has 1 aromatic carbocycles. The molecule has 0 bridgehead atoms. The number of aliphatic imine (C=N–C) groups is 1. The zero-order chi connectivity index (χ0) is 13.5. The van der Waals surface area contributed by atoms with Gasteiger partial charge in [0.15, 0.2) is 0 Å². The van der Waals surface area contributed by atoms with E-state index in [-0.39, 0.29) is 5.91 Å². The van der Waals surface area contributed by atoms with Crippen LogP contribution in [0.15, 0.2) is 47.6 Å². The van der Waals surface area contributed by atoms with Gasteiger partial charge >= 0.3 is 0 Å². The third-order valence-corrected chi connectivity index (χ3v) is 2.21. The summed E-state index contributed by atoms with van der Waals surface area (Å²) < 4.78 is 0. The monoisotopic (exact) mass is 244 g/mol. The van der Waals surface area contributed by atoms with Crippen LogP contribution in [0.4, 0.5) is 11.4 Å². The predicted molar refractivity (Wildman–Crippen MR) is 75.4 cm³/mol. The van der Waals surface area contributed by atoms with E-state index in [0.29, 0.717) is 23.5 Å². The van der Waals surface area contributed by atoms with Crippen LogP contribution in [0.25, 0.3) is 0 Å². The standard InChI is InChI=1S/C13H16N4O/c1-3-9(7-16-2)8-17-13(18)10-4-11(14)6-12(15)5-10/h3-7H,1-2,8,14-15H2,(H,17,18)/b9-7+. The van der Waals surface area contributed by atoms with Gasteiger partial charge in [0.2, 0.25) is 0 Å². The van der Waals surface area contributed by atoms with E-state index < -0.39 is 0 Å². The summed E-state index contributed by atoms with van der Waals surface area (Å²) in [5.74, 6) is -0.259. The van der Waals surface area contributed by atoms with Crippen LogP contribution >= 0.6 is 0 Å². The Kier molecular flexibility index (Phi) is 4.68. The maximum absolute atomic E-state index is 11.8. The van der Waals surface area contributed by atoms with E-state index in [1.165, 1.54) is 6.20 Å². The highest BCUT2D eigenvalue weighted by Gasteiger charge is 2.06. The van der Waals surface area contributed by atoms with E-state index >= 15 is 0 Å². The molecule has 0 unspecified atom stereocenters. The molecular formula is C13H16N4O. The molecular weight excluding hydrogens is 228 g/mol. The molecule has 0 aliphatic rings. The third kappa shape index (κ3) is 3.79. The number of hydrogen-bond acceptors (Lipinski definition) is 4. The zero-order valence-electron chi connectivity index (χ0n) is 10.0. The number of nitrogens with one attached hydrogen (secondary N) is 1. The van der Waals surface area contributed by atoms with Crippen LogP contribution in [0.5, 0.6) is 0 Å². The normalized spacial score (nSPS) is 10.8. The van der Waals surface area contributed by atoms with E-state index in [0.717, 1.165) is 5.57 Å². The minimum absolute atomic E-state index is 0.259. The summed E-state index contributed by atoms with van der Waals surface area (Å²) >= 11 is 0. The topological polar surface area (TPSA) is 93.5 Å². The second-order valence-corrected chi connectivity index (χ2v) is 3.66. The van der Waals surface area contributed by atoms with Gasteiger partial charge in [-0.2, -0.15) is 0 Å². The molecule has 0 saturated heterocycles.